The quantitative estimate of drug-likeness (QED) is 0.729. The second-order valence-corrected chi connectivity index (χ2v) is 7.22. The number of para-hydroxylation sites is 2. The normalized spacial score (nSPS) is 20.7. The minimum Gasteiger partial charge on any atom is -0.348 e. The van der Waals surface area contributed by atoms with Crippen molar-refractivity contribution in [2.45, 2.75) is 31.8 Å². The first-order valence-corrected chi connectivity index (χ1v) is 9.17. The number of fused-ring (bicyclic) bond motifs is 2. The highest BCUT2D eigenvalue weighted by atomic mass is 15.2. The molecule has 1 atom stereocenters. The zero-order valence-electron chi connectivity index (χ0n) is 14.4. The Labute approximate surface area is 147 Å². The van der Waals surface area contributed by atoms with E-state index in [-0.39, 0.29) is 6.04 Å². The van der Waals surface area contributed by atoms with Crippen LogP contribution in [0.5, 0.6) is 0 Å². The lowest BCUT2D eigenvalue weighted by molar-refractivity contribution is 0.191. The summed E-state index contributed by atoms with van der Waals surface area (Å²) in [5.41, 5.74) is 4.63. The van der Waals surface area contributed by atoms with Crippen LogP contribution in [0, 0.1) is 5.92 Å². The van der Waals surface area contributed by atoms with Crippen molar-refractivity contribution in [2.24, 2.45) is 5.92 Å². The van der Waals surface area contributed by atoms with Gasteiger partial charge in [0.05, 0.1) is 23.1 Å². The van der Waals surface area contributed by atoms with Gasteiger partial charge >= 0.3 is 0 Å². The molecule has 3 heterocycles. The van der Waals surface area contributed by atoms with Gasteiger partial charge in [-0.25, -0.2) is 9.97 Å². The van der Waals surface area contributed by atoms with Crippen LogP contribution in [0.25, 0.3) is 11.0 Å². The molecule has 2 aliphatic rings. The van der Waals surface area contributed by atoms with Crippen molar-refractivity contribution in [1.82, 2.24) is 24.4 Å². The SMILES string of the molecule is C=CCn1c([C@@H]2c3nc[nH]c3CCN2CC2CC2)nc2ccccc21. The molecule has 1 N–H and O–H groups in total. The van der Waals surface area contributed by atoms with Gasteiger partial charge in [-0.05, 0) is 30.9 Å². The summed E-state index contributed by atoms with van der Waals surface area (Å²) in [5.74, 6) is 1.94. The number of rotatable bonds is 5. The smallest absolute Gasteiger partial charge is 0.133 e. The summed E-state index contributed by atoms with van der Waals surface area (Å²) in [5, 5.41) is 0. The number of imidazole rings is 2. The zero-order valence-corrected chi connectivity index (χ0v) is 14.4. The molecule has 1 aromatic carbocycles. The first kappa shape index (κ1) is 14.9. The Bertz CT molecular complexity index is 917. The van der Waals surface area contributed by atoms with E-state index in [9.17, 15) is 0 Å². The molecule has 0 unspecified atom stereocenters. The fourth-order valence-corrected chi connectivity index (χ4v) is 4.06. The van der Waals surface area contributed by atoms with Crippen LogP contribution in [-0.4, -0.2) is 37.5 Å². The highest BCUT2D eigenvalue weighted by Gasteiger charge is 2.37. The van der Waals surface area contributed by atoms with Crippen LogP contribution in [0.2, 0.25) is 0 Å². The predicted molar refractivity (Wildman–Crippen MR) is 98.4 cm³/mol. The van der Waals surface area contributed by atoms with Gasteiger partial charge in [0.2, 0.25) is 0 Å². The Morgan fingerprint density at radius 1 is 1.28 bits per heavy atom. The van der Waals surface area contributed by atoms with Gasteiger partial charge in [-0.2, -0.15) is 0 Å². The summed E-state index contributed by atoms with van der Waals surface area (Å²) >= 11 is 0. The zero-order chi connectivity index (χ0) is 16.8. The van der Waals surface area contributed by atoms with Gasteiger partial charge < -0.3 is 9.55 Å². The molecule has 25 heavy (non-hydrogen) atoms. The maximum Gasteiger partial charge on any atom is 0.133 e. The van der Waals surface area contributed by atoms with Gasteiger partial charge in [-0.3, -0.25) is 4.90 Å². The molecule has 5 heteroatoms. The Balaban J connectivity index is 1.67. The van der Waals surface area contributed by atoms with Gasteiger partial charge in [0, 0.05) is 31.7 Å². The Hall–Kier alpha value is -2.40. The fourth-order valence-electron chi connectivity index (χ4n) is 4.06. The van der Waals surface area contributed by atoms with E-state index in [0.29, 0.717) is 0 Å². The van der Waals surface area contributed by atoms with Crippen molar-refractivity contribution in [3.05, 3.63) is 60.5 Å². The number of nitrogens with zero attached hydrogens (tertiary/aromatic N) is 4. The van der Waals surface area contributed by atoms with Crippen LogP contribution in [0.1, 0.15) is 36.1 Å². The van der Waals surface area contributed by atoms with E-state index in [2.05, 4.69) is 50.3 Å². The summed E-state index contributed by atoms with van der Waals surface area (Å²) in [4.78, 5) is 15.6. The molecule has 0 radical (unpaired) electrons. The van der Waals surface area contributed by atoms with Gasteiger partial charge in [-0.15, -0.1) is 6.58 Å². The molecular formula is C20H23N5. The summed E-state index contributed by atoms with van der Waals surface area (Å²) in [6.07, 6.45) is 7.55. The molecule has 0 bridgehead atoms. The number of hydrogen-bond donors (Lipinski definition) is 1. The van der Waals surface area contributed by atoms with Gasteiger partial charge in [0.25, 0.3) is 0 Å². The lowest BCUT2D eigenvalue weighted by Crippen LogP contribution is -2.39. The number of hydrogen-bond acceptors (Lipinski definition) is 3. The summed E-state index contributed by atoms with van der Waals surface area (Å²) in [7, 11) is 0. The molecule has 0 saturated heterocycles. The van der Waals surface area contributed by atoms with E-state index in [1.165, 1.54) is 24.1 Å². The van der Waals surface area contributed by atoms with E-state index in [1.54, 1.807) is 0 Å². The molecule has 1 fully saturated rings. The summed E-state index contributed by atoms with van der Waals surface area (Å²) in [6.45, 7) is 6.93. The highest BCUT2D eigenvalue weighted by Crippen LogP contribution is 2.38. The Kier molecular flexibility index (Phi) is 3.48. The topological polar surface area (TPSA) is 49.7 Å². The standard InChI is InChI=1S/C20H23N5/c1-2-10-25-17-6-4-3-5-15(17)23-20(25)19-18-16(21-13-22-18)9-11-24(19)12-14-7-8-14/h2-6,13-14,19H,1,7-12H2,(H,21,22)/t19-/m0/s1. The average molecular weight is 333 g/mol. The van der Waals surface area contributed by atoms with Crippen molar-refractivity contribution >= 4 is 11.0 Å². The van der Waals surface area contributed by atoms with Gasteiger partial charge in [0.1, 0.15) is 11.9 Å². The summed E-state index contributed by atoms with van der Waals surface area (Å²) < 4.78 is 2.30. The van der Waals surface area contributed by atoms with Gasteiger partial charge in [-0.1, -0.05) is 18.2 Å². The minimum absolute atomic E-state index is 0.128. The van der Waals surface area contributed by atoms with Crippen LogP contribution >= 0.6 is 0 Å². The monoisotopic (exact) mass is 333 g/mol. The van der Waals surface area contributed by atoms with Crippen LogP contribution in [0.4, 0.5) is 0 Å². The molecule has 2 aromatic heterocycles. The number of aromatic amines is 1. The van der Waals surface area contributed by atoms with Crippen molar-refractivity contribution in [2.75, 3.05) is 13.1 Å². The second-order valence-electron chi connectivity index (χ2n) is 7.22. The van der Waals surface area contributed by atoms with E-state index in [1.807, 2.05) is 12.4 Å². The number of benzene rings is 1. The Morgan fingerprint density at radius 3 is 3.00 bits per heavy atom. The minimum atomic E-state index is 0.128. The molecule has 0 spiro atoms. The number of nitrogens with one attached hydrogen (secondary N) is 1. The first-order valence-electron chi connectivity index (χ1n) is 9.17. The lowest BCUT2D eigenvalue weighted by Gasteiger charge is -2.34. The predicted octanol–water partition coefficient (Wildman–Crippen LogP) is 3.30. The highest BCUT2D eigenvalue weighted by molar-refractivity contribution is 5.76. The lowest BCUT2D eigenvalue weighted by atomic mass is 10.0. The largest absolute Gasteiger partial charge is 0.348 e. The third-order valence-corrected chi connectivity index (χ3v) is 5.45. The number of aromatic nitrogens is 4. The van der Waals surface area contributed by atoms with Crippen molar-refractivity contribution in [1.29, 1.82) is 0 Å². The fraction of sp³-hybridized carbons (Fsp3) is 0.400. The van der Waals surface area contributed by atoms with Gasteiger partial charge in [0.15, 0.2) is 0 Å². The second kappa shape index (κ2) is 5.85. The van der Waals surface area contributed by atoms with Crippen LogP contribution in [0.3, 0.4) is 0 Å². The van der Waals surface area contributed by atoms with E-state index in [4.69, 9.17) is 4.98 Å². The molecule has 0 amide bonds. The number of H-pyrrole nitrogens is 1. The van der Waals surface area contributed by atoms with Crippen LogP contribution in [-0.2, 0) is 13.0 Å². The number of allylic oxidation sites excluding steroid dienone is 1. The van der Waals surface area contributed by atoms with Crippen LogP contribution < -0.4 is 0 Å². The molecule has 1 aliphatic heterocycles. The third-order valence-electron chi connectivity index (χ3n) is 5.45. The van der Waals surface area contributed by atoms with E-state index < -0.39 is 0 Å². The van der Waals surface area contributed by atoms with Crippen molar-refractivity contribution in [3.8, 4) is 0 Å². The van der Waals surface area contributed by atoms with E-state index in [0.717, 1.165) is 49.0 Å². The molecular weight excluding hydrogens is 310 g/mol. The van der Waals surface area contributed by atoms with Crippen molar-refractivity contribution < 1.29 is 0 Å². The molecule has 5 nitrogen and oxygen atoms in total. The van der Waals surface area contributed by atoms with E-state index >= 15 is 0 Å². The third kappa shape index (κ3) is 2.50. The average Bonchev–Trinajstić information content (AvgIpc) is 3.19. The maximum atomic E-state index is 5.03. The first-order chi connectivity index (χ1) is 12.3. The van der Waals surface area contributed by atoms with Crippen LogP contribution in [0.15, 0.2) is 43.2 Å². The summed E-state index contributed by atoms with van der Waals surface area (Å²) in [6, 6.07) is 8.51. The molecule has 1 aliphatic carbocycles. The van der Waals surface area contributed by atoms with Crippen molar-refractivity contribution in [3.63, 3.8) is 0 Å². The maximum absolute atomic E-state index is 5.03. The molecule has 5 rings (SSSR count). The molecule has 128 valence electrons. The molecule has 1 saturated carbocycles. The Morgan fingerprint density at radius 2 is 2.16 bits per heavy atom. The molecule has 3 aromatic rings.